The van der Waals surface area contributed by atoms with Crippen molar-refractivity contribution in [2.24, 2.45) is 4.99 Å². The fraction of sp³-hybridized carbons (Fsp3) is 0.350. The average molecular weight is 344 g/mol. The lowest BCUT2D eigenvalue weighted by Crippen LogP contribution is -2.28. The molecule has 5 heteroatoms. The van der Waals surface area contributed by atoms with Crippen molar-refractivity contribution in [3.05, 3.63) is 53.1 Å². The molecule has 0 aliphatic carbocycles. The highest BCUT2D eigenvalue weighted by atomic mass is 19.1. The van der Waals surface area contributed by atoms with Crippen molar-refractivity contribution < 1.29 is 13.5 Å². The predicted molar refractivity (Wildman–Crippen MR) is 95.9 cm³/mol. The van der Waals surface area contributed by atoms with Gasteiger partial charge in [-0.15, -0.1) is 0 Å². The molecule has 1 heterocycles. The molecule has 1 aliphatic rings. The third kappa shape index (κ3) is 4.56. The van der Waals surface area contributed by atoms with Gasteiger partial charge in [0, 0.05) is 31.3 Å². The first-order chi connectivity index (χ1) is 12.0. The van der Waals surface area contributed by atoms with Gasteiger partial charge in [-0.3, -0.25) is 0 Å². The Morgan fingerprint density at radius 1 is 0.920 bits per heavy atom. The maximum atomic E-state index is 13.3. The van der Waals surface area contributed by atoms with Crippen molar-refractivity contribution in [1.82, 2.24) is 4.90 Å². The molecule has 2 aromatic carbocycles. The number of benzene rings is 2. The summed E-state index contributed by atoms with van der Waals surface area (Å²) < 4.78 is 32.3. The van der Waals surface area contributed by atoms with Crippen molar-refractivity contribution in [2.45, 2.75) is 33.1 Å². The zero-order chi connectivity index (χ0) is 17.8. The van der Waals surface area contributed by atoms with Crippen LogP contribution in [0.4, 0.5) is 14.5 Å². The van der Waals surface area contributed by atoms with Gasteiger partial charge in [0.05, 0.1) is 12.0 Å². The second-order valence-electron chi connectivity index (χ2n) is 6.45. The molecule has 25 heavy (non-hydrogen) atoms. The second-order valence-corrected chi connectivity index (χ2v) is 6.45. The maximum absolute atomic E-state index is 13.3. The summed E-state index contributed by atoms with van der Waals surface area (Å²) in [5.74, 6) is -0.608. The van der Waals surface area contributed by atoms with Crippen LogP contribution in [0.5, 0.6) is 11.5 Å². The SMILES string of the molecule is Cc1cc(Oc2cc(F)cc(F)c2)c(C)cc1N=CN1CCCCC1. The van der Waals surface area contributed by atoms with Crippen LogP contribution >= 0.6 is 0 Å². The van der Waals surface area contributed by atoms with Crippen LogP contribution in [0.2, 0.25) is 0 Å². The normalized spacial score (nSPS) is 15.0. The summed E-state index contributed by atoms with van der Waals surface area (Å²) in [4.78, 5) is 6.83. The van der Waals surface area contributed by atoms with Gasteiger partial charge in [0.15, 0.2) is 0 Å². The highest BCUT2D eigenvalue weighted by Gasteiger charge is 2.10. The van der Waals surface area contributed by atoms with Crippen LogP contribution < -0.4 is 4.74 Å². The van der Waals surface area contributed by atoms with E-state index in [1.807, 2.05) is 32.3 Å². The Hall–Kier alpha value is -2.43. The Kier molecular flexibility index (Phi) is 5.31. The first kappa shape index (κ1) is 17.4. The molecule has 1 saturated heterocycles. The van der Waals surface area contributed by atoms with E-state index >= 15 is 0 Å². The molecule has 2 aromatic rings. The summed E-state index contributed by atoms with van der Waals surface area (Å²) in [6, 6.07) is 6.94. The van der Waals surface area contributed by atoms with Crippen molar-refractivity contribution >= 4 is 12.0 Å². The number of piperidine rings is 1. The summed E-state index contributed by atoms with van der Waals surface area (Å²) in [6.07, 6.45) is 5.61. The molecule has 0 amide bonds. The molecule has 3 nitrogen and oxygen atoms in total. The summed E-state index contributed by atoms with van der Waals surface area (Å²) >= 11 is 0. The molecule has 0 N–H and O–H groups in total. The molecular formula is C20H22F2N2O. The van der Waals surface area contributed by atoms with Crippen LogP contribution in [0.1, 0.15) is 30.4 Å². The van der Waals surface area contributed by atoms with Gasteiger partial charge in [0.25, 0.3) is 0 Å². The van der Waals surface area contributed by atoms with Crippen LogP contribution in [0.25, 0.3) is 0 Å². The van der Waals surface area contributed by atoms with Gasteiger partial charge in [-0.2, -0.15) is 0 Å². The minimum atomic E-state index is -0.660. The quantitative estimate of drug-likeness (QED) is 0.539. The molecule has 0 bridgehead atoms. The van der Waals surface area contributed by atoms with Gasteiger partial charge in [-0.1, -0.05) is 0 Å². The van der Waals surface area contributed by atoms with Gasteiger partial charge < -0.3 is 9.64 Å². The molecule has 132 valence electrons. The Morgan fingerprint density at radius 3 is 2.28 bits per heavy atom. The van der Waals surface area contributed by atoms with E-state index in [1.54, 1.807) is 0 Å². The second kappa shape index (κ2) is 7.64. The van der Waals surface area contributed by atoms with E-state index in [0.717, 1.165) is 36.0 Å². The molecule has 0 radical (unpaired) electrons. The van der Waals surface area contributed by atoms with Gasteiger partial charge in [-0.05, 0) is 56.4 Å². The molecule has 0 aromatic heterocycles. The molecule has 0 saturated carbocycles. The van der Waals surface area contributed by atoms with Gasteiger partial charge in [0.1, 0.15) is 23.1 Å². The maximum Gasteiger partial charge on any atom is 0.133 e. The zero-order valence-corrected chi connectivity index (χ0v) is 14.6. The van der Waals surface area contributed by atoms with Crippen molar-refractivity contribution in [1.29, 1.82) is 0 Å². The summed E-state index contributed by atoms with van der Waals surface area (Å²) in [5, 5.41) is 0. The summed E-state index contributed by atoms with van der Waals surface area (Å²) in [7, 11) is 0. The number of aryl methyl sites for hydroxylation is 2. The monoisotopic (exact) mass is 344 g/mol. The number of hydrogen-bond donors (Lipinski definition) is 0. The molecule has 1 aliphatic heterocycles. The van der Waals surface area contributed by atoms with E-state index in [1.165, 1.54) is 31.4 Å². The number of likely N-dealkylation sites (tertiary alicyclic amines) is 1. The van der Waals surface area contributed by atoms with Crippen molar-refractivity contribution in [3.63, 3.8) is 0 Å². The smallest absolute Gasteiger partial charge is 0.133 e. The number of hydrogen-bond acceptors (Lipinski definition) is 2. The minimum absolute atomic E-state index is 0.143. The van der Waals surface area contributed by atoms with Crippen LogP contribution in [-0.2, 0) is 0 Å². The fourth-order valence-electron chi connectivity index (χ4n) is 2.92. The largest absolute Gasteiger partial charge is 0.457 e. The van der Waals surface area contributed by atoms with Gasteiger partial charge >= 0.3 is 0 Å². The van der Waals surface area contributed by atoms with Crippen molar-refractivity contribution in [2.75, 3.05) is 13.1 Å². The predicted octanol–water partition coefficient (Wildman–Crippen LogP) is 5.52. The number of halogens is 2. The van der Waals surface area contributed by atoms with Crippen molar-refractivity contribution in [3.8, 4) is 11.5 Å². The lowest BCUT2D eigenvalue weighted by atomic mass is 10.1. The van der Waals surface area contributed by atoms with E-state index in [0.29, 0.717) is 5.75 Å². The Balaban J connectivity index is 1.78. The number of aliphatic imine (C=N–C) groups is 1. The molecular weight excluding hydrogens is 322 g/mol. The first-order valence-electron chi connectivity index (χ1n) is 8.55. The van der Waals surface area contributed by atoms with Crippen LogP contribution in [0, 0.1) is 25.5 Å². The standard InChI is InChI=1S/C20H22F2N2O/c1-14-9-20(25-18-11-16(21)10-17(22)12-18)15(2)8-19(14)23-13-24-6-4-3-5-7-24/h8-13H,3-7H2,1-2H3. The molecule has 3 rings (SSSR count). The number of rotatable bonds is 4. The Bertz CT molecular complexity index is 763. The lowest BCUT2D eigenvalue weighted by Gasteiger charge is -2.24. The average Bonchev–Trinajstić information content (AvgIpc) is 2.56. The van der Waals surface area contributed by atoms with Gasteiger partial charge in [0.2, 0.25) is 0 Å². The fourth-order valence-corrected chi connectivity index (χ4v) is 2.92. The van der Waals surface area contributed by atoms with E-state index in [4.69, 9.17) is 4.74 Å². The van der Waals surface area contributed by atoms with E-state index < -0.39 is 11.6 Å². The Labute approximate surface area is 147 Å². The summed E-state index contributed by atoms with van der Waals surface area (Å²) in [6.45, 7) is 5.94. The topological polar surface area (TPSA) is 24.8 Å². The lowest BCUT2D eigenvalue weighted by molar-refractivity contribution is 0.351. The van der Waals surface area contributed by atoms with Crippen LogP contribution in [-0.4, -0.2) is 24.3 Å². The van der Waals surface area contributed by atoms with Gasteiger partial charge in [-0.25, -0.2) is 13.8 Å². The van der Waals surface area contributed by atoms with E-state index in [2.05, 4.69) is 9.89 Å². The molecule has 0 atom stereocenters. The van der Waals surface area contributed by atoms with Crippen LogP contribution in [0.15, 0.2) is 35.3 Å². The van der Waals surface area contributed by atoms with E-state index in [-0.39, 0.29) is 5.75 Å². The highest BCUT2D eigenvalue weighted by molar-refractivity contribution is 5.65. The first-order valence-corrected chi connectivity index (χ1v) is 8.55. The molecule has 0 unspecified atom stereocenters. The molecule has 1 fully saturated rings. The minimum Gasteiger partial charge on any atom is -0.457 e. The molecule has 0 spiro atoms. The number of ether oxygens (including phenoxy) is 1. The third-order valence-electron chi connectivity index (χ3n) is 4.31. The van der Waals surface area contributed by atoms with Crippen LogP contribution in [0.3, 0.4) is 0 Å². The zero-order valence-electron chi connectivity index (χ0n) is 14.6. The third-order valence-corrected chi connectivity index (χ3v) is 4.31. The highest BCUT2D eigenvalue weighted by Crippen LogP contribution is 2.32. The summed E-state index contributed by atoms with van der Waals surface area (Å²) in [5.41, 5.74) is 2.69. The van der Waals surface area contributed by atoms with E-state index in [9.17, 15) is 8.78 Å². The number of nitrogens with zero attached hydrogens (tertiary/aromatic N) is 2. The Morgan fingerprint density at radius 2 is 1.60 bits per heavy atom.